The van der Waals surface area contributed by atoms with E-state index in [9.17, 15) is 28.5 Å². The molecule has 0 spiro atoms. The number of rotatable bonds is 16. The molecule has 4 amide bonds. The highest BCUT2D eigenvalue weighted by Crippen LogP contribution is 2.38. The van der Waals surface area contributed by atoms with Gasteiger partial charge in [0.2, 0.25) is 23.6 Å². The van der Waals surface area contributed by atoms with Gasteiger partial charge in [-0.15, -0.1) is 0 Å². The minimum absolute atomic E-state index is 0.135. The molecule has 10 N–H and O–H groups in total. The van der Waals surface area contributed by atoms with E-state index >= 15 is 0 Å². The zero-order valence-electron chi connectivity index (χ0n) is 20.2. The minimum Gasteiger partial charge on any atom is -0.345 e. The number of amides is 4. The molecule has 0 aromatic carbocycles. The predicted molar refractivity (Wildman–Crippen MR) is 124 cm³/mol. The van der Waals surface area contributed by atoms with Crippen LogP contribution in [0.1, 0.15) is 47.0 Å². The Bertz CT molecular complexity index is 791. The molecule has 0 unspecified atom stereocenters. The Labute approximate surface area is 203 Å². The Balaban J connectivity index is 5.73. The standard InChI is InChI=1S/C19H37N6O9P/c1-10(9-26)22-18(29)14(7-5-6-8-20)24-19(30)15(13(4)34-35(31,32)33)25-17(28)12(3)23-16(27)11(2)21/h9-15H,5-8,20-21H2,1-4H3,(H,22,29)(H,23,27)(H,24,30)(H,25,28)(H2,31,32,33)/t10-,11-,12-,13+,14-,15-/m0/s1. The third-order valence-electron chi connectivity index (χ3n) is 4.67. The van der Waals surface area contributed by atoms with Crippen LogP contribution in [0.2, 0.25) is 0 Å². The Kier molecular flexibility index (Phi) is 14.5. The average molecular weight is 525 g/mol. The van der Waals surface area contributed by atoms with Crippen molar-refractivity contribution in [3.63, 3.8) is 0 Å². The molecule has 202 valence electrons. The largest absolute Gasteiger partial charge is 0.469 e. The number of hydrogen-bond acceptors (Lipinski definition) is 9. The van der Waals surface area contributed by atoms with Gasteiger partial charge < -0.3 is 47.3 Å². The molecule has 16 heteroatoms. The van der Waals surface area contributed by atoms with Gasteiger partial charge in [0.1, 0.15) is 24.4 Å². The van der Waals surface area contributed by atoms with E-state index < -0.39 is 67.8 Å². The molecule has 0 fully saturated rings. The Hall–Kier alpha value is -2.42. The van der Waals surface area contributed by atoms with E-state index in [1.807, 2.05) is 0 Å². The molecule has 0 aliphatic rings. The van der Waals surface area contributed by atoms with E-state index in [-0.39, 0.29) is 6.42 Å². The lowest BCUT2D eigenvalue weighted by Gasteiger charge is -2.28. The fourth-order valence-electron chi connectivity index (χ4n) is 2.74. The van der Waals surface area contributed by atoms with Crippen LogP contribution in [0.15, 0.2) is 0 Å². The van der Waals surface area contributed by atoms with E-state index in [4.69, 9.17) is 21.3 Å². The van der Waals surface area contributed by atoms with Gasteiger partial charge in [-0.25, -0.2) is 4.57 Å². The maximum absolute atomic E-state index is 13.0. The van der Waals surface area contributed by atoms with Crippen molar-refractivity contribution in [2.75, 3.05) is 6.54 Å². The molecule has 0 aromatic heterocycles. The van der Waals surface area contributed by atoms with Gasteiger partial charge in [-0.3, -0.25) is 23.7 Å². The number of phosphoric ester groups is 1. The molecule has 0 heterocycles. The van der Waals surface area contributed by atoms with Crippen LogP contribution >= 0.6 is 7.82 Å². The first-order valence-corrected chi connectivity index (χ1v) is 12.5. The smallest absolute Gasteiger partial charge is 0.345 e. The van der Waals surface area contributed by atoms with Crippen molar-refractivity contribution in [2.45, 2.75) is 83.3 Å². The summed E-state index contributed by atoms with van der Waals surface area (Å²) in [7, 11) is -5.07. The number of carbonyl (C=O) groups is 5. The van der Waals surface area contributed by atoms with Crippen LogP contribution < -0.4 is 32.7 Å². The highest BCUT2D eigenvalue weighted by Gasteiger charge is 2.35. The fraction of sp³-hybridized carbons (Fsp3) is 0.737. The first-order chi connectivity index (χ1) is 16.1. The average Bonchev–Trinajstić information content (AvgIpc) is 2.74. The normalized spacial score (nSPS) is 16.6. The SMILES string of the molecule is C[C@H](N)C(=O)N[C@@H](C)C(=O)N[C@H](C(=O)N[C@@H](CCCCN)C(=O)N[C@@H](C)C=O)[C@@H](C)OP(=O)(O)O. The summed E-state index contributed by atoms with van der Waals surface area (Å²) in [4.78, 5) is 79.1. The summed E-state index contributed by atoms with van der Waals surface area (Å²) in [5.74, 6) is -3.19. The van der Waals surface area contributed by atoms with Gasteiger partial charge in [0.05, 0.1) is 18.2 Å². The van der Waals surface area contributed by atoms with Gasteiger partial charge in [-0.05, 0) is 53.5 Å². The van der Waals surface area contributed by atoms with Crippen LogP contribution in [0.5, 0.6) is 0 Å². The summed E-state index contributed by atoms with van der Waals surface area (Å²) in [5, 5.41) is 9.40. The van der Waals surface area contributed by atoms with Crippen molar-refractivity contribution in [2.24, 2.45) is 11.5 Å². The van der Waals surface area contributed by atoms with Crippen molar-refractivity contribution in [3.8, 4) is 0 Å². The summed E-state index contributed by atoms with van der Waals surface area (Å²) >= 11 is 0. The fourth-order valence-corrected chi connectivity index (χ4v) is 3.30. The molecule has 6 atom stereocenters. The van der Waals surface area contributed by atoms with Crippen molar-refractivity contribution in [3.05, 3.63) is 0 Å². The van der Waals surface area contributed by atoms with Crippen LogP contribution in [-0.2, 0) is 33.1 Å². The monoisotopic (exact) mass is 524 g/mol. The van der Waals surface area contributed by atoms with E-state index in [2.05, 4.69) is 25.8 Å². The highest BCUT2D eigenvalue weighted by molar-refractivity contribution is 7.46. The van der Waals surface area contributed by atoms with E-state index in [0.717, 1.165) is 6.92 Å². The zero-order chi connectivity index (χ0) is 27.3. The van der Waals surface area contributed by atoms with E-state index in [1.165, 1.54) is 20.8 Å². The number of nitrogens with two attached hydrogens (primary N) is 2. The van der Waals surface area contributed by atoms with Gasteiger partial charge in [0.25, 0.3) is 0 Å². The Morgan fingerprint density at radius 2 is 1.51 bits per heavy atom. The topological polar surface area (TPSA) is 252 Å². The van der Waals surface area contributed by atoms with Crippen LogP contribution in [0.25, 0.3) is 0 Å². The number of hydrogen-bond donors (Lipinski definition) is 8. The number of nitrogens with one attached hydrogen (secondary N) is 4. The maximum Gasteiger partial charge on any atom is 0.469 e. The summed E-state index contributed by atoms with van der Waals surface area (Å²) in [6, 6.07) is -5.73. The highest BCUT2D eigenvalue weighted by atomic mass is 31.2. The molecule has 0 aliphatic carbocycles. The molecule has 0 bridgehead atoms. The third-order valence-corrected chi connectivity index (χ3v) is 5.28. The molecule has 0 saturated carbocycles. The lowest BCUT2D eigenvalue weighted by Crippen LogP contribution is -2.60. The Morgan fingerprint density at radius 3 is 2.00 bits per heavy atom. The van der Waals surface area contributed by atoms with Gasteiger partial charge >= 0.3 is 7.82 Å². The number of phosphoric acid groups is 1. The van der Waals surface area contributed by atoms with Gasteiger partial charge in [0.15, 0.2) is 0 Å². The van der Waals surface area contributed by atoms with Gasteiger partial charge in [0, 0.05) is 0 Å². The third kappa shape index (κ3) is 13.3. The van der Waals surface area contributed by atoms with Gasteiger partial charge in [-0.1, -0.05) is 0 Å². The number of carbonyl (C=O) groups excluding carboxylic acids is 5. The molecule has 0 aliphatic heterocycles. The second-order valence-electron chi connectivity index (χ2n) is 8.09. The van der Waals surface area contributed by atoms with Crippen molar-refractivity contribution >= 4 is 37.7 Å². The summed E-state index contributed by atoms with van der Waals surface area (Å²) < 4.78 is 15.9. The maximum atomic E-state index is 13.0. The van der Waals surface area contributed by atoms with Crippen LogP contribution in [-0.4, -0.2) is 82.6 Å². The van der Waals surface area contributed by atoms with Gasteiger partial charge in [-0.2, -0.15) is 0 Å². The minimum atomic E-state index is -5.07. The lowest BCUT2D eigenvalue weighted by atomic mass is 10.1. The zero-order valence-corrected chi connectivity index (χ0v) is 21.1. The van der Waals surface area contributed by atoms with Crippen molar-refractivity contribution < 1.29 is 42.8 Å². The van der Waals surface area contributed by atoms with Crippen molar-refractivity contribution in [1.29, 1.82) is 0 Å². The van der Waals surface area contributed by atoms with Crippen LogP contribution in [0.4, 0.5) is 0 Å². The molecule has 15 nitrogen and oxygen atoms in total. The molecule has 0 radical (unpaired) electrons. The van der Waals surface area contributed by atoms with Crippen molar-refractivity contribution in [1.82, 2.24) is 21.3 Å². The summed E-state index contributed by atoms with van der Waals surface area (Å²) in [5.41, 5.74) is 10.9. The molecule has 0 rings (SSSR count). The lowest BCUT2D eigenvalue weighted by molar-refractivity contribution is -0.135. The Morgan fingerprint density at radius 1 is 0.914 bits per heavy atom. The van der Waals surface area contributed by atoms with E-state index in [0.29, 0.717) is 25.7 Å². The molecule has 0 aromatic rings. The predicted octanol–water partition coefficient (Wildman–Crippen LogP) is -2.86. The molecular formula is C19H37N6O9P. The molecular weight excluding hydrogens is 487 g/mol. The quantitative estimate of drug-likeness (QED) is 0.0579. The second kappa shape index (κ2) is 15.5. The second-order valence-corrected chi connectivity index (χ2v) is 9.28. The number of unbranched alkanes of at least 4 members (excludes halogenated alkanes) is 1. The van der Waals surface area contributed by atoms with E-state index in [1.54, 1.807) is 0 Å². The molecule has 35 heavy (non-hydrogen) atoms. The van der Waals surface area contributed by atoms with Crippen LogP contribution in [0.3, 0.4) is 0 Å². The van der Waals surface area contributed by atoms with Crippen LogP contribution in [0, 0.1) is 0 Å². The first kappa shape index (κ1) is 32.6. The first-order valence-electron chi connectivity index (χ1n) is 11.0. The summed E-state index contributed by atoms with van der Waals surface area (Å²) in [6.45, 7) is 5.60. The number of aldehydes is 1. The molecule has 0 saturated heterocycles. The summed E-state index contributed by atoms with van der Waals surface area (Å²) in [6.07, 6.45) is 0.0643.